The first-order valence-corrected chi connectivity index (χ1v) is 8.63. The largest absolute Gasteiger partial charge is 0.416 e. The average Bonchev–Trinajstić information content (AvgIpc) is 2.62. The lowest BCUT2D eigenvalue weighted by Gasteiger charge is -2.33. The molecule has 1 aliphatic rings. The topological polar surface area (TPSA) is 48.5 Å². The van der Waals surface area contributed by atoms with Gasteiger partial charge in [0, 0.05) is 31.7 Å². The van der Waals surface area contributed by atoms with E-state index in [1.54, 1.807) is 12.3 Å². The maximum Gasteiger partial charge on any atom is 0.416 e. The summed E-state index contributed by atoms with van der Waals surface area (Å²) in [6, 6.07) is 6.65. The molecular weight excluding hydrogens is 357 g/mol. The van der Waals surface area contributed by atoms with Crippen LogP contribution in [-0.2, 0) is 6.18 Å². The molecule has 1 fully saturated rings. The highest BCUT2D eigenvalue weighted by Crippen LogP contribution is 2.30. The second-order valence-corrected chi connectivity index (χ2v) is 6.67. The fourth-order valence-corrected chi connectivity index (χ4v) is 2.99. The first-order valence-electron chi connectivity index (χ1n) is 8.63. The van der Waals surface area contributed by atoms with E-state index in [4.69, 9.17) is 0 Å². The summed E-state index contributed by atoms with van der Waals surface area (Å²) in [5.41, 5.74) is 0.655. The van der Waals surface area contributed by atoms with Crippen LogP contribution >= 0.6 is 0 Å². The minimum Gasteiger partial charge on any atom is -0.368 e. The average molecular weight is 378 g/mol. The van der Waals surface area contributed by atoms with Crippen LogP contribution in [-0.4, -0.2) is 49.0 Å². The molecule has 0 bridgehead atoms. The van der Waals surface area contributed by atoms with Gasteiger partial charge in [-0.2, -0.15) is 13.2 Å². The second-order valence-electron chi connectivity index (χ2n) is 6.67. The molecule has 0 saturated carbocycles. The highest BCUT2D eigenvalue weighted by atomic mass is 19.4. The summed E-state index contributed by atoms with van der Waals surface area (Å²) in [6.45, 7) is 5.26. The van der Waals surface area contributed by atoms with Crippen LogP contribution in [0.2, 0.25) is 0 Å². The number of aryl methyl sites for hydroxylation is 1. The standard InChI is InChI=1S/C19H21F3N4O/c1-13-11-14(19(20,21)22)3-5-16(13)18(27)24-17-6-4-15(12-23-17)26-9-7-25(2)8-10-26/h3-6,11-12H,7-10H2,1-2H3,(H,23,24,27). The summed E-state index contributed by atoms with van der Waals surface area (Å²) in [6.07, 6.45) is -2.74. The van der Waals surface area contributed by atoms with E-state index in [9.17, 15) is 18.0 Å². The van der Waals surface area contributed by atoms with Gasteiger partial charge in [-0.3, -0.25) is 4.79 Å². The number of carbonyl (C=O) groups is 1. The zero-order valence-electron chi connectivity index (χ0n) is 15.2. The van der Waals surface area contributed by atoms with E-state index in [0.29, 0.717) is 5.82 Å². The maximum absolute atomic E-state index is 12.7. The van der Waals surface area contributed by atoms with Crippen LogP contribution in [0.4, 0.5) is 24.7 Å². The number of anilines is 2. The monoisotopic (exact) mass is 378 g/mol. The Bertz CT molecular complexity index is 813. The number of hydrogen-bond donors (Lipinski definition) is 1. The summed E-state index contributed by atoms with van der Waals surface area (Å²) < 4.78 is 38.2. The number of halogens is 3. The van der Waals surface area contributed by atoms with Crippen LogP contribution < -0.4 is 10.2 Å². The van der Waals surface area contributed by atoms with Crippen molar-refractivity contribution in [3.63, 3.8) is 0 Å². The molecule has 0 atom stereocenters. The predicted octanol–water partition coefficient (Wildman–Crippen LogP) is 3.41. The fourth-order valence-electron chi connectivity index (χ4n) is 2.99. The molecule has 27 heavy (non-hydrogen) atoms. The molecule has 5 nitrogen and oxygen atoms in total. The quantitative estimate of drug-likeness (QED) is 0.889. The van der Waals surface area contributed by atoms with Crippen molar-refractivity contribution in [3.05, 3.63) is 53.2 Å². The van der Waals surface area contributed by atoms with Gasteiger partial charge >= 0.3 is 6.18 Å². The minimum atomic E-state index is -4.43. The summed E-state index contributed by atoms with van der Waals surface area (Å²) in [5.74, 6) is -0.127. The van der Waals surface area contributed by atoms with Crippen molar-refractivity contribution in [1.82, 2.24) is 9.88 Å². The zero-order chi connectivity index (χ0) is 19.6. The molecule has 0 spiro atoms. The fraction of sp³-hybridized carbons (Fsp3) is 0.368. The number of pyridine rings is 1. The van der Waals surface area contributed by atoms with Gasteiger partial charge in [-0.05, 0) is 49.9 Å². The molecule has 2 heterocycles. The van der Waals surface area contributed by atoms with Gasteiger partial charge in [-0.1, -0.05) is 0 Å². The molecule has 0 aliphatic carbocycles. The molecule has 1 amide bonds. The molecule has 1 aromatic carbocycles. The van der Waals surface area contributed by atoms with E-state index >= 15 is 0 Å². The van der Waals surface area contributed by atoms with Gasteiger partial charge in [0.15, 0.2) is 0 Å². The van der Waals surface area contributed by atoms with E-state index in [1.807, 2.05) is 6.07 Å². The predicted molar refractivity (Wildman–Crippen MR) is 98.1 cm³/mol. The Hall–Kier alpha value is -2.61. The lowest BCUT2D eigenvalue weighted by molar-refractivity contribution is -0.137. The molecule has 8 heteroatoms. The number of aromatic nitrogens is 1. The van der Waals surface area contributed by atoms with Gasteiger partial charge in [0.05, 0.1) is 17.4 Å². The molecule has 0 unspecified atom stereocenters. The first-order chi connectivity index (χ1) is 12.7. The van der Waals surface area contributed by atoms with Crippen LogP contribution in [0.25, 0.3) is 0 Å². The number of rotatable bonds is 3. The second kappa shape index (κ2) is 7.56. The number of benzene rings is 1. The van der Waals surface area contributed by atoms with Gasteiger partial charge in [0.25, 0.3) is 5.91 Å². The van der Waals surface area contributed by atoms with E-state index < -0.39 is 17.6 Å². The Kier molecular flexibility index (Phi) is 5.36. The molecular formula is C19H21F3N4O. The Balaban J connectivity index is 1.67. The molecule has 1 saturated heterocycles. The van der Waals surface area contributed by atoms with Crippen molar-refractivity contribution in [2.75, 3.05) is 43.4 Å². The SMILES string of the molecule is Cc1cc(C(F)(F)F)ccc1C(=O)Nc1ccc(N2CCN(C)CC2)cn1. The Morgan fingerprint density at radius 2 is 1.81 bits per heavy atom. The van der Waals surface area contributed by atoms with E-state index in [0.717, 1.165) is 44.0 Å². The Morgan fingerprint density at radius 1 is 1.11 bits per heavy atom. The summed E-state index contributed by atoms with van der Waals surface area (Å²) in [7, 11) is 2.08. The normalized spacial score (nSPS) is 15.7. The number of alkyl halides is 3. The van der Waals surface area contributed by atoms with Gasteiger partial charge in [0.2, 0.25) is 0 Å². The number of nitrogens with zero attached hydrogens (tertiary/aromatic N) is 3. The van der Waals surface area contributed by atoms with Gasteiger partial charge in [-0.25, -0.2) is 4.98 Å². The van der Waals surface area contributed by atoms with Crippen molar-refractivity contribution in [1.29, 1.82) is 0 Å². The highest BCUT2D eigenvalue weighted by molar-refractivity contribution is 6.04. The third-order valence-corrected chi connectivity index (χ3v) is 4.66. The third kappa shape index (κ3) is 4.57. The number of carbonyl (C=O) groups excluding carboxylic acids is 1. The lowest BCUT2D eigenvalue weighted by atomic mass is 10.0. The molecule has 1 N–H and O–H groups in total. The van der Waals surface area contributed by atoms with Crippen molar-refractivity contribution in [2.45, 2.75) is 13.1 Å². The minimum absolute atomic E-state index is 0.188. The molecule has 144 valence electrons. The van der Waals surface area contributed by atoms with Crippen LogP contribution in [0, 0.1) is 6.92 Å². The van der Waals surface area contributed by atoms with Crippen molar-refractivity contribution in [2.24, 2.45) is 0 Å². The van der Waals surface area contributed by atoms with Gasteiger partial charge < -0.3 is 15.1 Å². The summed E-state index contributed by atoms with van der Waals surface area (Å²) >= 11 is 0. The van der Waals surface area contributed by atoms with Gasteiger partial charge in [-0.15, -0.1) is 0 Å². The lowest BCUT2D eigenvalue weighted by Crippen LogP contribution is -2.44. The smallest absolute Gasteiger partial charge is 0.368 e. The van der Waals surface area contributed by atoms with E-state index in [-0.39, 0.29) is 11.1 Å². The zero-order valence-corrected chi connectivity index (χ0v) is 15.2. The van der Waals surface area contributed by atoms with Crippen LogP contribution in [0.15, 0.2) is 36.5 Å². The molecule has 1 aliphatic heterocycles. The highest BCUT2D eigenvalue weighted by Gasteiger charge is 2.31. The van der Waals surface area contributed by atoms with E-state index in [2.05, 4.69) is 27.1 Å². The van der Waals surface area contributed by atoms with Gasteiger partial charge in [0.1, 0.15) is 5.82 Å². The maximum atomic E-state index is 12.7. The molecule has 0 radical (unpaired) electrons. The third-order valence-electron chi connectivity index (χ3n) is 4.66. The molecule has 3 rings (SSSR count). The molecule has 1 aromatic heterocycles. The summed E-state index contributed by atoms with van der Waals surface area (Å²) in [4.78, 5) is 21.1. The number of amides is 1. The van der Waals surface area contributed by atoms with Crippen LogP contribution in [0.5, 0.6) is 0 Å². The number of nitrogens with one attached hydrogen (secondary N) is 1. The molecule has 2 aromatic rings. The van der Waals surface area contributed by atoms with Crippen LogP contribution in [0.3, 0.4) is 0 Å². The van der Waals surface area contributed by atoms with Crippen molar-refractivity contribution >= 4 is 17.4 Å². The van der Waals surface area contributed by atoms with E-state index in [1.165, 1.54) is 13.0 Å². The first kappa shape index (κ1) is 19.2. The summed E-state index contributed by atoms with van der Waals surface area (Å²) in [5, 5.41) is 2.64. The van der Waals surface area contributed by atoms with Crippen molar-refractivity contribution < 1.29 is 18.0 Å². The van der Waals surface area contributed by atoms with Crippen molar-refractivity contribution in [3.8, 4) is 0 Å². The number of hydrogen-bond acceptors (Lipinski definition) is 4. The Morgan fingerprint density at radius 3 is 2.37 bits per heavy atom. The number of piperazine rings is 1. The number of likely N-dealkylation sites (N-methyl/N-ethyl adjacent to an activating group) is 1. The Labute approximate surface area is 155 Å². The van der Waals surface area contributed by atoms with Crippen LogP contribution in [0.1, 0.15) is 21.5 Å².